The lowest BCUT2D eigenvalue weighted by atomic mass is 10.3. The second-order valence-electron chi connectivity index (χ2n) is 2.32. The van der Waals surface area contributed by atoms with Crippen molar-refractivity contribution in [2.75, 3.05) is 0 Å². The summed E-state index contributed by atoms with van der Waals surface area (Å²) in [5, 5.41) is 0. The summed E-state index contributed by atoms with van der Waals surface area (Å²) < 4.78 is 10.2. The molecular weight excluding hydrogens is 142 g/mol. The highest BCUT2D eigenvalue weighted by molar-refractivity contribution is 5.38. The molecule has 56 valence electrons. The zero-order valence-corrected chi connectivity index (χ0v) is 6.07. The van der Waals surface area contributed by atoms with E-state index in [9.17, 15) is 0 Å². The third-order valence-electron chi connectivity index (χ3n) is 1.39. The summed E-state index contributed by atoms with van der Waals surface area (Å²) in [5.74, 6) is 1.20. The molecule has 3 heteroatoms. The third kappa shape index (κ3) is 1.05. The maximum atomic E-state index is 5.14. The molecule has 0 aromatic carbocycles. The largest absolute Gasteiger partial charge is 0.456 e. The van der Waals surface area contributed by atoms with E-state index in [1.807, 2.05) is 13.0 Å². The highest BCUT2D eigenvalue weighted by Gasteiger charge is 2.08. The Morgan fingerprint density at radius 1 is 1.27 bits per heavy atom. The van der Waals surface area contributed by atoms with Gasteiger partial charge >= 0.3 is 0 Å². The Morgan fingerprint density at radius 3 is 3.00 bits per heavy atom. The van der Waals surface area contributed by atoms with Crippen LogP contribution in [-0.2, 0) is 0 Å². The van der Waals surface area contributed by atoms with Crippen molar-refractivity contribution in [3.63, 3.8) is 0 Å². The monoisotopic (exact) mass is 149 g/mol. The van der Waals surface area contributed by atoms with E-state index in [0.29, 0.717) is 11.6 Å². The molecule has 1 aromatic rings. The average Bonchev–Trinajstić information content (AvgIpc) is 2.04. The Balaban J connectivity index is 2.48. The summed E-state index contributed by atoms with van der Waals surface area (Å²) >= 11 is 0. The standard InChI is InChI=1S/C8H7NO2/c1-6-4-7-8(9-5-6)11-3-2-10-7/h2-5H,1H3. The van der Waals surface area contributed by atoms with Crippen LogP contribution in [0.5, 0.6) is 11.6 Å². The van der Waals surface area contributed by atoms with Crippen LogP contribution < -0.4 is 9.47 Å². The number of aromatic nitrogens is 1. The molecule has 0 saturated heterocycles. The second kappa shape index (κ2) is 2.27. The fourth-order valence-electron chi connectivity index (χ4n) is 0.896. The molecule has 1 aromatic heterocycles. The number of ether oxygens (including phenoxy) is 2. The first-order valence-electron chi connectivity index (χ1n) is 3.31. The van der Waals surface area contributed by atoms with Gasteiger partial charge in [-0.15, -0.1) is 0 Å². The molecule has 2 rings (SSSR count). The maximum absolute atomic E-state index is 5.14. The summed E-state index contributed by atoms with van der Waals surface area (Å²) in [5.41, 5.74) is 1.06. The summed E-state index contributed by atoms with van der Waals surface area (Å²) in [6.07, 6.45) is 4.69. The Kier molecular flexibility index (Phi) is 1.28. The quantitative estimate of drug-likeness (QED) is 0.561. The SMILES string of the molecule is Cc1cnc2c(c1)OC=CO2. The second-order valence-corrected chi connectivity index (χ2v) is 2.32. The lowest BCUT2D eigenvalue weighted by Gasteiger charge is -2.10. The zero-order valence-electron chi connectivity index (χ0n) is 6.07. The van der Waals surface area contributed by atoms with Crippen molar-refractivity contribution in [1.82, 2.24) is 4.98 Å². The van der Waals surface area contributed by atoms with Crippen molar-refractivity contribution in [3.8, 4) is 11.6 Å². The fourth-order valence-corrected chi connectivity index (χ4v) is 0.896. The molecular formula is C8H7NO2. The van der Waals surface area contributed by atoms with Gasteiger partial charge in [-0.25, -0.2) is 4.98 Å². The van der Waals surface area contributed by atoms with Crippen molar-refractivity contribution in [1.29, 1.82) is 0 Å². The summed E-state index contributed by atoms with van der Waals surface area (Å²) in [6.45, 7) is 1.95. The van der Waals surface area contributed by atoms with Gasteiger partial charge in [0.25, 0.3) is 5.88 Å². The van der Waals surface area contributed by atoms with Crippen LogP contribution in [0.4, 0.5) is 0 Å². The van der Waals surface area contributed by atoms with Gasteiger partial charge in [0.15, 0.2) is 5.75 Å². The van der Waals surface area contributed by atoms with E-state index in [1.165, 1.54) is 12.5 Å². The number of pyridine rings is 1. The molecule has 1 aliphatic heterocycles. The topological polar surface area (TPSA) is 31.4 Å². The molecule has 0 aliphatic carbocycles. The van der Waals surface area contributed by atoms with Crippen molar-refractivity contribution in [2.45, 2.75) is 6.92 Å². The Hall–Kier alpha value is -1.51. The molecule has 0 radical (unpaired) electrons. The summed E-state index contributed by atoms with van der Waals surface area (Å²) in [7, 11) is 0. The van der Waals surface area contributed by atoms with Crippen LogP contribution in [0.15, 0.2) is 24.8 Å². The maximum Gasteiger partial charge on any atom is 0.262 e. The lowest BCUT2D eigenvalue weighted by Crippen LogP contribution is -1.98. The minimum absolute atomic E-state index is 0.526. The molecule has 0 bridgehead atoms. The number of hydrogen-bond donors (Lipinski definition) is 0. The smallest absolute Gasteiger partial charge is 0.262 e. The minimum atomic E-state index is 0.526. The van der Waals surface area contributed by atoms with Gasteiger partial charge < -0.3 is 9.47 Å². The van der Waals surface area contributed by atoms with Crippen LogP contribution in [0.3, 0.4) is 0 Å². The van der Waals surface area contributed by atoms with E-state index < -0.39 is 0 Å². The van der Waals surface area contributed by atoms with Gasteiger partial charge in [0.2, 0.25) is 0 Å². The minimum Gasteiger partial charge on any atom is -0.456 e. The molecule has 11 heavy (non-hydrogen) atoms. The molecule has 0 fully saturated rings. The predicted octanol–water partition coefficient (Wildman–Crippen LogP) is 1.63. The van der Waals surface area contributed by atoms with Crippen LogP contribution >= 0.6 is 0 Å². The molecule has 1 aliphatic rings. The number of aryl methyl sites for hydroxylation is 1. The summed E-state index contributed by atoms with van der Waals surface area (Å²) in [4.78, 5) is 4.02. The van der Waals surface area contributed by atoms with Gasteiger partial charge in [0, 0.05) is 6.20 Å². The first kappa shape index (κ1) is 6.22. The van der Waals surface area contributed by atoms with Crippen molar-refractivity contribution >= 4 is 0 Å². The third-order valence-corrected chi connectivity index (χ3v) is 1.39. The van der Waals surface area contributed by atoms with Gasteiger partial charge in [-0.05, 0) is 18.6 Å². The molecule has 2 heterocycles. The van der Waals surface area contributed by atoms with E-state index in [-0.39, 0.29) is 0 Å². The van der Waals surface area contributed by atoms with E-state index >= 15 is 0 Å². The highest BCUT2D eigenvalue weighted by atomic mass is 16.5. The number of fused-ring (bicyclic) bond motifs is 1. The van der Waals surface area contributed by atoms with E-state index in [1.54, 1.807) is 6.20 Å². The van der Waals surface area contributed by atoms with Gasteiger partial charge in [-0.1, -0.05) is 0 Å². The summed E-state index contributed by atoms with van der Waals surface area (Å²) in [6, 6.07) is 1.88. The molecule has 0 amide bonds. The van der Waals surface area contributed by atoms with Crippen molar-refractivity contribution in [2.24, 2.45) is 0 Å². The Morgan fingerprint density at radius 2 is 2.09 bits per heavy atom. The van der Waals surface area contributed by atoms with Crippen LogP contribution in [0.1, 0.15) is 5.56 Å². The van der Waals surface area contributed by atoms with E-state index in [0.717, 1.165) is 5.56 Å². The van der Waals surface area contributed by atoms with Crippen LogP contribution in [-0.4, -0.2) is 4.98 Å². The molecule has 0 atom stereocenters. The van der Waals surface area contributed by atoms with Crippen molar-refractivity contribution in [3.05, 3.63) is 30.4 Å². The first-order valence-corrected chi connectivity index (χ1v) is 3.31. The van der Waals surface area contributed by atoms with Crippen molar-refractivity contribution < 1.29 is 9.47 Å². The molecule has 0 unspecified atom stereocenters. The van der Waals surface area contributed by atoms with Gasteiger partial charge in [-0.2, -0.15) is 0 Å². The van der Waals surface area contributed by atoms with E-state index in [4.69, 9.17) is 9.47 Å². The number of hydrogen-bond acceptors (Lipinski definition) is 3. The van der Waals surface area contributed by atoms with Crippen LogP contribution in [0.25, 0.3) is 0 Å². The lowest BCUT2D eigenvalue weighted by molar-refractivity contribution is 0.349. The van der Waals surface area contributed by atoms with E-state index in [2.05, 4.69) is 4.98 Å². The van der Waals surface area contributed by atoms with Gasteiger partial charge in [0.1, 0.15) is 12.5 Å². The van der Waals surface area contributed by atoms with Crippen LogP contribution in [0.2, 0.25) is 0 Å². The first-order chi connectivity index (χ1) is 5.36. The Labute approximate surface area is 64.3 Å². The highest BCUT2D eigenvalue weighted by Crippen LogP contribution is 2.27. The fraction of sp³-hybridized carbons (Fsp3) is 0.125. The average molecular weight is 149 g/mol. The predicted molar refractivity (Wildman–Crippen MR) is 39.4 cm³/mol. The zero-order chi connectivity index (χ0) is 7.68. The van der Waals surface area contributed by atoms with Crippen LogP contribution in [0, 0.1) is 6.92 Å². The molecule has 0 saturated carbocycles. The normalized spacial score (nSPS) is 13.2. The molecule has 3 nitrogen and oxygen atoms in total. The van der Waals surface area contributed by atoms with Gasteiger partial charge in [-0.3, -0.25) is 0 Å². The number of rotatable bonds is 0. The molecule has 0 N–H and O–H groups in total. The number of nitrogens with zero attached hydrogens (tertiary/aromatic N) is 1. The molecule has 0 spiro atoms. The Bertz CT molecular complexity index is 307. The van der Waals surface area contributed by atoms with Gasteiger partial charge in [0.05, 0.1) is 0 Å².